The molecule has 28 heavy (non-hydrogen) atoms. The van der Waals surface area contributed by atoms with Crippen molar-refractivity contribution in [2.75, 3.05) is 10.6 Å². The molecule has 0 aliphatic rings. The van der Waals surface area contributed by atoms with Gasteiger partial charge in [-0.25, -0.2) is 9.78 Å². The van der Waals surface area contributed by atoms with E-state index < -0.39 is 5.63 Å². The van der Waals surface area contributed by atoms with Gasteiger partial charge in [-0.3, -0.25) is 10.1 Å². The highest BCUT2D eigenvalue weighted by Crippen LogP contribution is 2.25. The Bertz CT molecular complexity index is 1230. The highest BCUT2D eigenvalue weighted by Gasteiger charge is 2.13. The van der Waals surface area contributed by atoms with Crippen LogP contribution in [0.25, 0.3) is 22.2 Å². The molecule has 0 saturated carbocycles. The van der Waals surface area contributed by atoms with E-state index in [0.717, 1.165) is 11.1 Å². The summed E-state index contributed by atoms with van der Waals surface area (Å²) in [5, 5.41) is 8.53. The third-order valence-electron chi connectivity index (χ3n) is 4.01. The fraction of sp³-hybridized carbons (Fsp3) is 0. The third-order valence-corrected chi connectivity index (χ3v) is 4.89. The van der Waals surface area contributed by atoms with E-state index in [4.69, 9.17) is 16.6 Å². The second-order valence-corrected chi connectivity index (χ2v) is 6.91. The number of nitrogens with zero attached hydrogens (tertiary/aromatic N) is 1. The van der Waals surface area contributed by atoms with E-state index in [9.17, 15) is 9.59 Å². The van der Waals surface area contributed by atoms with Crippen LogP contribution in [-0.4, -0.2) is 16.4 Å². The van der Waals surface area contributed by atoms with Crippen LogP contribution < -0.4 is 16.3 Å². The van der Waals surface area contributed by atoms with Crippen LogP contribution in [0.1, 0.15) is 10.4 Å². The molecule has 138 valence electrons. The molecule has 0 fully saturated rings. The molecule has 4 aromatic rings. The molecule has 0 radical (unpaired) electrons. The Hall–Kier alpha value is -3.36. The number of carbonyl (C=O) groups excluding carboxylic acids is 1. The molecule has 2 aromatic carbocycles. The Balaban J connectivity index is 1.56. The SMILES string of the molecule is O=C(Nc1nc(-c2cc3ccccc3oc2=O)cs1)c1ccc(NC=S)cc1. The molecule has 0 atom stereocenters. The number of fused-ring (bicyclic) bond motifs is 1. The summed E-state index contributed by atoms with van der Waals surface area (Å²) in [7, 11) is 0. The number of nitrogens with one attached hydrogen (secondary N) is 2. The van der Waals surface area contributed by atoms with Crippen molar-refractivity contribution in [1.82, 2.24) is 4.98 Å². The van der Waals surface area contributed by atoms with Crippen LogP contribution in [0.15, 0.2) is 69.2 Å². The largest absolute Gasteiger partial charge is 0.422 e. The molecular weight excluding hydrogens is 394 g/mol. The Kier molecular flexibility index (Phi) is 4.96. The van der Waals surface area contributed by atoms with Crippen LogP contribution in [0.4, 0.5) is 10.8 Å². The maximum atomic E-state index is 12.4. The molecule has 0 bridgehead atoms. The first-order chi connectivity index (χ1) is 13.6. The Morgan fingerprint density at radius 3 is 2.71 bits per heavy atom. The lowest BCUT2D eigenvalue weighted by Gasteiger charge is -2.03. The third kappa shape index (κ3) is 3.68. The number of carbonyl (C=O) groups is 1. The van der Waals surface area contributed by atoms with Crippen molar-refractivity contribution < 1.29 is 9.21 Å². The number of para-hydroxylation sites is 1. The average Bonchev–Trinajstić information content (AvgIpc) is 3.16. The summed E-state index contributed by atoms with van der Waals surface area (Å²) in [6.07, 6.45) is 0. The van der Waals surface area contributed by atoms with Gasteiger partial charge in [0.2, 0.25) is 0 Å². The predicted molar refractivity (Wildman–Crippen MR) is 115 cm³/mol. The molecule has 2 N–H and O–H groups in total. The van der Waals surface area contributed by atoms with Crippen molar-refractivity contribution in [2.45, 2.75) is 0 Å². The van der Waals surface area contributed by atoms with E-state index in [0.29, 0.717) is 27.5 Å². The van der Waals surface area contributed by atoms with Gasteiger partial charge in [0.1, 0.15) is 5.58 Å². The quantitative estimate of drug-likeness (QED) is 0.373. The molecule has 2 heterocycles. The molecule has 2 aromatic heterocycles. The first kappa shape index (κ1) is 18.0. The number of benzene rings is 2. The minimum atomic E-state index is -0.469. The van der Waals surface area contributed by atoms with Crippen LogP contribution in [0.2, 0.25) is 0 Å². The summed E-state index contributed by atoms with van der Waals surface area (Å²) in [5.41, 5.74) is 3.54. The molecule has 0 spiro atoms. The molecule has 0 aliphatic heterocycles. The van der Waals surface area contributed by atoms with Crippen LogP contribution in [0.5, 0.6) is 0 Å². The van der Waals surface area contributed by atoms with Gasteiger partial charge in [-0.1, -0.05) is 30.4 Å². The number of hydrogen-bond acceptors (Lipinski definition) is 6. The van der Waals surface area contributed by atoms with E-state index >= 15 is 0 Å². The van der Waals surface area contributed by atoms with Crippen molar-refractivity contribution in [3.05, 3.63) is 76.0 Å². The normalized spacial score (nSPS) is 10.6. The average molecular weight is 407 g/mol. The lowest BCUT2D eigenvalue weighted by atomic mass is 10.1. The van der Waals surface area contributed by atoms with E-state index in [1.807, 2.05) is 12.1 Å². The number of thiocarbonyl (C=S) groups is 1. The highest BCUT2D eigenvalue weighted by atomic mass is 32.1. The van der Waals surface area contributed by atoms with Gasteiger partial charge < -0.3 is 9.73 Å². The Morgan fingerprint density at radius 1 is 1.14 bits per heavy atom. The molecule has 0 unspecified atom stereocenters. The number of rotatable bonds is 5. The number of aromatic nitrogens is 1. The zero-order chi connectivity index (χ0) is 19.5. The predicted octanol–water partition coefficient (Wildman–Crippen LogP) is 4.54. The fourth-order valence-electron chi connectivity index (χ4n) is 2.65. The van der Waals surface area contributed by atoms with Gasteiger partial charge in [-0.15, -0.1) is 11.3 Å². The topological polar surface area (TPSA) is 84.2 Å². The van der Waals surface area contributed by atoms with Crippen molar-refractivity contribution in [3.8, 4) is 11.3 Å². The van der Waals surface area contributed by atoms with Gasteiger partial charge in [0, 0.05) is 22.0 Å². The maximum Gasteiger partial charge on any atom is 0.345 e. The molecule has 1 amide bonds. The van der Waals surface area contributed by atoms with E-state index in [-0.39, 0.29) is 5.91 Å². The number of anilines is 2. The first-order valence-electron chi connectivity index (χ1n) is 8.24. The lowest BCUT2D eigenvalue weighted by Crippen LogP contribution is -2.11. The molecule has 4 rings (SSSR count). The van der Waals surface area contributed by atoms with Gasteiger partial charge in [-0.2, -0.15) is 0 Å². The summed E-state index contributed by atoms with van der Waals surface area (Å²) in [5.74, 6) is -0.291. The fourth-order valence-corrected chi connectivity index (χ4v) is 3.49. The zero-order valence-corrected chi connectivity index (χ0v) is 16.0. The van der Waals surface area contributed by atoms with Crippen LogP contribution in [0, 0.1) is 0 Å². The zero-order valence-electron chi connectivity index (χ0n) is 14.3. The number of amides is 1. The van der Waals surface area contributed by atoms with Gasteiger partial charge in [0.05, 0.1) is 16.7 Å². The summed E-state index contributed by atoms with van der Waals surface area (Å²) in [6.45, 7) is 0. The Labute approximate surface area is 168 Å². The van der Waals surface area contributed by atoms with Crippen molar-refractivity contribution in [2.24, 2.45) is 0 Å². The molecule has 0 saturated heterocycles. The second-order valence-electron chi connectivity index (χ2n) is 5.82. The first-order valence-corrected chi connectivity index (χ1v) is 9.59. The highest BCUT2D eigenvalue weighted by molar-refractivity contribution is 7.79. The molecular formula is C20H13N3O3S2. The van der Waals surface area contributed by atoms with Gasteiger partial charge >= 0.3 is 5.63 Å². The maximum absolute atomic E-state index is 12.4. The van der Waals surface area contributed by atoms with E-state index in [2.05, 4.69) is 15.6 Å². The lowest BCUT2D eigenvalue weighted by molar-refractivity contribution is 0.102. The standard InChI is InChI=1S/C20H13N3O3S2/c24-18(12-5-7-14(8-6-12)21-11-27)23-20-22-16(10-28-20)15-9-13-3-1-2-4-17(13)26-19(15)25/h1-11H,(H,21,27)(H,22,23,24). The monoisotopic (exact) mass is 407 g/mol. The van der Waals surface area contributed by atoms with Crippen LogP contribution in [0.3, 0.4) is 0 Å². The molecule has 0 aliphatic carbocycles. The Morgan fingerprint density at radius 2 is 1.93 bits per heavy atom. The van der Waals surface area contributed by atoms with Gasteiger partial charge in [0.25, 0.3) is 5.91 Å². The van der Waals surface area contributed by atoms with Gasteiger partial charge in [0.15, 0.2) is 5.13 Å². The van der Waals surface area contributed by atoms with E-state index in [1.165, 1.54) is 16.8 Å². The summed E-state index contributed by atoms with van der Waals surface area (Å²) >= 11 is 5.97. The van der Waals surface area contributed by atoms with Crippen molar-refractivity contribution in [3.63, 3.8) is 0 Å². The molecule has 8 heteroatoms. The number of thiazole rings is 1. The smallest absolute Gasteiger partial charge is 0.345 e. The summed E-state index contributed by atoms with van der Waals surface area (Å²) < 4.78 is 5.34. The molecule has 6 nitrogen and oxygen atoms in total. The van der Waals surface area contributed by atoms with Crippen molar-refractivity contribution >= 4 is 56.7 Å². The van der Waals surface area contributed by atoms with Gasteiger partial charge in [-0.05, 0) is 36.4 Å². The van der Waals surface area contributed by atoms with Crippen LogP contribution in [-0.2, 0) is 0 Å². The minimum absolute atomic E-state index is 0.291. The van der Waals surface area contributed by atoms with Crippen molar-refractivity contribution in [1.29, 1.82) is 0 Å². The minimum Gasteiger partial charge on any atom is -0.422 e. The van der Waals surface area contributed by atoms with Crippen LogP contribution >= 0.6 is 23.6 Å². The summed E-state index contributed by atoms with van der Waals surface area (Å²) in [6, 6.07) is 15.9. The summed E-state index contributed by atoms with van der Waals surface area (Å²) in [4.78, 5) is 29.0. The number of hydrogen-bond donors (Lipinski definition) is 2. The second kappa shape index (κ2) is 7.71. The van der Waals surface area contributed by atoms with E-state index in [1.54, 1.807) is 47.8 Å².